The fourth-order valence-electron chi connectivity index (χ4n) is 6.06. The summed E-state index contributed by atoms with van der Waals surface area (Å²) in [5.74, 6) is 0.457. The first-order chi connectivity index (χ1) is 21.5. The van der Waals surface area contributed by atoms with Crippen molar-refractivity contribution in [2.45, 2.75) is 200 Å². The summed E-state index contributed by atoms with van der Waals surface area (Å²) in [5.41, 5.74) is 0. The number of allylic oxidation sites excluding steroid dienone is 4. The number of hydrogen-bond donors (Lipinski definition) is 0. The molecule has 0 aromatic rings. The molecule has 0 N–H and O–H groups in total. The van der Waals surface area contributed by atoms with E-state index in [0.717, 1.165) is 25.7 Å². The highest BCUT2D eigenvalue weighted by Crippen LogP contribution is 2.17. The van der Waals surface area contributed by atoms with Gasteiger partial charge in [-0.2, -0.15) is 0 Å². The van der Waals surface area contributed by atoms with Crippen LogP contribution in [0.1, 0.15) is 200 Å². The van der Waals surface area contributed by atoms with Crippen LogP contribution in [-0.2, 0) is 9.59 Å². The van der Waals surface area contributed by atoms with E-state index in [2.05, 4.69) is 43.1 Å². The van der Waals surface area contributed by atoms with Crippen molar-refractivity contribution in [1.82, 2.24) is 4.90 Å². The van der Waals surface area contributed by atoms with Crippen LogP contribution in [0.3, 0.4) is 0 Å². The van der Waals surface area contributed by atoms with Crippen molar-refractivity contribution < 1.29 is 9.59 Å². The minimum atomic E-state index is -0.127. The van der Waals surface area contributed by atoms with E-state index in [0.29, 0.717) is 31.6 Å². The van der Waals surface area contributed by atoms with Crippen LogP contribution in [0.15, 0.2) is 24.3 Å². The standard InChI is InChI=1S/C41H77NO2/c1-5-7-9-11-13-15-17-19-21-23-25-27-29-31-33-35-40(43)37-39(38-42(3)4)41(44)36-34-32-30-28-26-24-22-20-18-16-14-12-10-8-6-2/h19-22,39H,5-18,23-38H2,1-4H3/b21-19+,22-20+. The Morgan fingerprint density at radius 2 is 0.818 bits per heavy atom. The molecule has 0 saturated heterocycles. The van der Waals surface area contributed by atoms with Crippen molar-refractivity contribution in [3.63, 3.8) is 0 Å². The molecule has 0 aliphatic rings. The SMILES string of the molecule is CCCCCCCC/C=C/CCCCCCCC(=O)CC(CN(C)C)C(=O)CCCCCCC/C=C/CCCCCCCC. The average molecular weight is 616 g/mol. The Kier molecular flexibility index (Phi) is 33.7. The van der Waals surface area contributed by atoms with E-state index < -0.39 is 0 Å². The summed E-state index contributed by atoms with van der Waals surface area (Å²) in [6.45, 7) is 5.24. The third-order valence-corrected chi connectivity index (χ3v) is 8.92. The van der Waals surface area contributed by atoms with E-state index in [1.54, 1.807) is 0 Å². The Balaban J connectivity index is 3.83. The normalized spacial score (nSPS) is 12.7. The molecular formula is C41H77NO2. The van der Waals surface area contributed by atoms with E-state index in [-0.39, 0.29) is 11.7 Å². The number of unbranched alkanes of at least 4 members (excludes halogenated alkanes) is 22. The lowest BCUT2D eigenvalue weighted by Crippen LogP contribution is -2.29. The van der Waals surface area contributed by atoms with Crippen molar-refractivity contribution >= 4 is 11.6 Å². The summed E-state index contributed by atoms with van der Waals surface area (Å²) in [5, 5.41) is 0. The van der Waals surface area contributed by atoms with Gasteiger partial charge in [-0.15, -0.1) is 0 Å². The first-order valence-electron chi connectivity index (χ1n) is 19.5. The largest absolute Gasteiger partial charge is 0.309 e. The molecule has 3 heteroatoms. The lowest BCUT2D eigenvalue weighted by atomic mass is 9.91. The number of nitrogens with zero attached hydrogens (tertiary/aromatic N) is 1. The summed E-state index contributed by atoms with van der Waals surface area (Å²) in [7, 11) is 4.02. The van der Waals surface area contributed by atoms with Crippen molar-refractivity contribution in [2.24, 2.45) is 5.92 Å². The molecule has 0 fully saturated rings. The molecule has 0 rings (SSSR count). The summed E-state index contributed by atoms with van der Waals surface area (Å²) < 4.78 is 0. The first-order valence-corrected chi connectivity index (χ1v) is 19.5. The predicted molar refractivity (Wildman–Crippen MR) is 196 cm³/mol. The first kappa shape index (κ1) is 42.8. The summed E-state index contributed by atoms with van der Waals surface area (Å²) >= 11 is 0. The van der Waals surface area contributed by atoms with Crippen LogP contribution in [0.2, 0.25) is 0 Å². The molecule has 0 aromatic carbocycles. The number of rotatable bonds is 35. The maximum absolute atomic E-state index is 13.0. The Bertz CT molecular complexity index is 680. The molecule has 0 bridgehead atoms. The zero-order valence-corrected chi connectivity index (χ0v) is 30.4. The maximum Gasteiger partial charge on any atom is 0.137 e. The lowest BCUT2D eigenvalue weighted by Gasteiger charge is -2.19. The fraction of sp³-hybridized carbons (Fsp3) is 0.854. The molecule has 0 aliphatic carbocycles. The van der Waals surface area contributed by atoms with Gasteiger partial charge < -0.3 is 4.90 Å². The average Bonchev–Trinajstić information content (AvgIpc) is 3.00. The molecule has 0 radical (unpaired) electrons. The van der Waals surface area contributed by atoms with Gasteiger partial charge in [0.25, 0.3) is 0 Å². The van der Waals surface area contributed by atoms with Crippen LogP contribution in [0, 0.1) is 5.92 Å². The van der Waals surface area contributed by atoms with Crippen molar-refractivity contribution in [2.75, 3.05) is 20.6 Å². The summed E-state index contributed by atoms with van der Waals surface area (Å²) in [6.07, 6.45) is 44.2. The van der Waals surface area contributed by atoms with Crippen LogP contribution in [0.25, 0.3) is 0 Å². The molecule has 3 nitrogen and oxygen atoms in total. The molecule has 1 unspecified atom stereocenters. The quantitative estimate of drug-likeness (QED) is 0.0526. The second-order valence-electron chi connectivity index (χ2n) is 13.8. The van der Waals surface area contributed by atoms with Gasteiger partial charge in [0.2, 0.25) is 0 Å². The van der Waals surface area contributed by atoms with Crippen molar-refractivity contribution in [1.29, 1.82) is 0 Å². The molecule has 1 atom stereocenters. The fourth-order valence-corrected chi connectivity index (χ4v) is 6.06. The Morgan fingerprint density at radius 3 is 1.20 bits per heavy atom. The van der Waals surface area contributed by atoms with Gasteiger partial charge in [0.1, 0.15) is 11.6 Å². The van der Waals surface area contributed by atoms with Gasteiger partial charge in [-0.25, -0.2) is 0 Å². The molecule has 258 valence electrons. The Morgan fingerprint density at radius 1 is 0.477 bits per heavy atom. The van der Waals surface area contributed by atoms with Gasteiger partial charge in [0.05, 0.1) is 0 Å². The van der Waals surface area contributed by atoms with Crippen molar-refractivity contribution in [3.8, 4) is 0 Å². The zero-order chi connectivity index (χ0) is 32.4. The minimum Gasteiger partial charge on any atom is -0.309 e. The van der Waals surface area contributed by atoms with Crippen LogP contribution in [0.5, 0.6) is 0 Å². The van der Waals surface area contributed by atoms with Gasteiger partial charge in [-0.05, 0) is 78.3 Å². The minimum absolute atomic E-state index is 0.127. The van der Waals surface area contributed by atoms with Gasteiger partial charge in [-0.1, -0.05) is 141 Å². The van der Waals surface area contributed by atoms with E-state index >= 15 is 0 Å². The van der Waals surface area contributed by atoms with Crippen LogP contribution in [-0.4, -0.2) is 37.1 Å². The lowest BCUT2D eigenvalue weighted by molar-refractivity contribution is -0.128. The molecular weight excluding hydrogens is 538 g/mol. The molecule has 0 spiro atoms. The van der Waals surface area contributed by atoms with Gasteiger partial charge >= 0.3 is 0 Å². The maximum atomic E-state index is 13.0. The van der Waals surface area contributed by atoms with Gasteiger partial charge in [-0.3, -0.25) is 9.59 Å². The third kappa shape index (κ3) is 32.2. The monoisotopic (exact) mass is 616 g/mol. The number of hydrogen-bond acceptors (Lipinski definition) is 3. The van der Waals surface area contributed by atoms with Crippen LogP contribution in [0.4, 0.5) is 0 Å². The highest BCUT2D eigenvalue weighted by Gasteiger charge is 2.21. The highest BCUT2D eigenvalue weighted by atomic mass is 16.1. The van der Waals surface area contributed by atoms with E-state index in [9.17, 15) is 9.59 Å². The Labute approximate surface area is 276 Å². The number of Topliss-reactive ketones (excluding diaryl/α,β-unsaturated/α-hetero) is 2. The van der Waals surface area contributed by atoms with Gasteiger partial charge in [0, 0.05) is 31.7 Å². The van der Waals surface area contributed by atoms with Crippen LogP contribution >= 0.6 is 0 Å². The topological polar surface area (TPSA) is 37.4 Å². The highest BCUT2D eigenvalue weighted by molar-refractivity contribution is 5.88. The van der Waals surface area contributed by atoms with E-state index in [1.807, 2.05) is 14.1 Å². The molecule has 0 amide bonds. The number of carbonyl (C=O) groups is 2. The molecule has 0 aromatic heterocycles. The molecule has 44 heavy (non-hydrogen) atoms. The molecule has 0 aliphatic heterocycles. The van der Waals surface area contributed by atoms with E-state index in [1.165, 1.54) is 141 Å². The molecule has 0 heterocycles. The molecule has 0 saturated carbocycles. The van der Waals surface area contributed by atoms with E-state index in [4.69, 9.17) is 0 Å². The number of ketones is 2. The van der Waals surface area contributed by atoms with Crippen molar-refractivity contribution in [3.05, 3.63) is 24.3 Å². The second-order valence-corrected chi connectivity index (χ2v) is 13.8. The smallest absolute Gasteiger partial charge is 0.137 e. The Hall–Kier alpha value is -1.22. The predicted octanol–water partition coefficient (Wildman–Crippen LogP) is 12.8. The zero-order valence-electron chi connectivity index (χ0n) is 30.4. The summed E-state index contributed by atoms with van der Waals surface area (Å²) in [6, 6.07) is 0. The number of carbonyl (C=O) groups excluding carboxylic acids is 2. The second kappa shape index (κ2) is 34.6. The van der Waals surface area contributed by atoms with Gasteiger partial charge in [0.15, 0.2) is 0 Å². The van der Waals surface area contributed by atoms with Crippen LogP contribution < -0.4 is 0 Å². The summed E-state index contributed by atoms with van der Waals surface area (Å²) in [4.78, 5) is 27.7. The third-order valence-electron chi connectivity index (χ3n) is 8.92.